The standard InChI is InChI=1S/C26H39NO6S/c1-14-8-7-9-19-21(32-19)11-20(15(2)10-18-13-34-17(4)27-18)33-23(29)12-22(28)26(5,6)25(31)16(3)24(14)30/h10,13-14,16,19-22,24,28,30H,7-9,11-12H2,1-6H3/b15-10+/t14-,16+,19-,20?,21?,22-,24-/m0/s1. The molecule has 2 N–H and O–H groups in total. The predicted molar refractivity (Wildman–Crippen MR) is 131 cm³/mol. The molecule has 0 aromatic carbocycles. The van der Waals surface area contributed by atoms with Crippen molar-refractivity contribution in [3.63, 3.8) is 0 Å². The van der Waals surface area contributed by atoms with Crippen molar-refractivity contribution in [2.45, 2.75) is 104 Å². The number of nitrogens with zero attached hydrogens (tertiary/aromatic N) is 1. The Morgan fingerprint density at radius 3 is 2.56 bits per heavy atom. The molecule has 0 spiro atoms. The molecule has 1 aromatic rings. The fourth-order valence-corrected chi connectivity index (χ4v) is 5.35. The van der Waals surface area contributed by atoms with Crippen LogP contribution in [0.4, 0.5) is 0 Å². The summed E-state index contributed by atoms with van der Waals surface area (Å²) in [4.78, 5) is 30.5. The van der Waals surface area contributed by atoms with Crippen LogP contribution in [0.2, 0.25) is 0 Å². The molecule has 2 fully saturated rings. The van der Waals surface area contributed by atoms with Crippen molar-refractivity contribution < 1.29 is 29.3 Å². The summed E-state index contributed by atoms with van der Waals surface area (Å²) < 4.78 is 11.7. The number of aryl methyl sites for hydroxylation is 1. The van der Waals surface area contributed by atoms with Gasteiger partial charge in [0.1, 0.15) is 11.9 Å². The van der Waals surface area contributed by atoms with E-state index in [4.69, 9.17) is 9.47 Å². The van der Waals surface area contributed by atoms with Gasteiger partial charge in [-0.05, 0) is 44.3 Å². The summed E-state index contributed by atoms with van der Waals surface area (Å²) >= 11 is 1.56. The molecule has 34 heavy (non-hydrogen) atoms. The molecule has 3 heterocycles. The molecule has 2 aliphatic heterocycles. The number of hydrogen-bond donors (Lipinski definition) is 2. The summed E-state index contributed by atoms with van der Waals surface area (Å²) in [5, 5.41) is 24.5. The summed E-state index contributed by atoms with van der Waals surface area (Å²) in [5.41, 5.74) is 0.494. The molecule has 0 bridgehead atoms. The van der Waals surface area contributed by atoms with E-state index in [1.807, 2.05) is 32.2 Å². The Hall–Kier alpha value is -1.61. The van der Waals surface area contributed by atoms with Crippen molar-refractivity contribution in [1.29, 1.82) is 0 Å². The Bertz CT molecular complexity index is 909. The third-order valence-electron chi connectivity index (χ3n) is 7.41. The molecule has 1 aromatic heterocycles. The number of fused-ring (bicyclic) bond motifs is 1. The van der Waals surface area contributed by atoms with Crippen LogP contribution in [-0.4, -0.2) is 57.5 Å². The number of cyclic esters (lactones) is 1. The number of aliphatic hydroxyl groups excluding tert-OH is 2. The zero-order valence-corrected chi connectivity index (χ0v) is 21.9. The maximum atomic E-state index is 13.2. The maximum absolute atomic E-state index is 13.2. The van der Waals surface area contributed by atoms with Crippen LogP contribution in [0, 0.1) is 24.2 Å². The van der Waals surface area contributed by atoms with Gasteiger partial charge in [0.05, 0.1) is 47.0 Å². The zero-order chi connectivity index (χ0) is 25.2. The van der Waals surface area contributed by atoms with Gasteiger partial charge in [-0.15, -0.1) is 11.3 Å². The summed E-state index contributed by atoms with van der Waals surface area (Å²) in [6.45, 7) is 10.8. The molecule has 0 aliphatic carbocycles. The molecule has 7 atom stereocenters. The molecule has 3 rings (SSSR count). The molecular weight excluding hydrogens is 454 g/mol. The van der Waals surface area contributed by atoms with E-state index >= 15 is 0 Å². The molecule has 8 heteroatoms. The lowest BCUT2D eigenvalue weighted by molar-refractivity contribution is -0.154. The Morgan fingerprint density at radius 2 is 1.91 bits per heavy atom. The van der Waals surface area contributed by atoms with Crippen molar-refractivity contribution in [3.8, 4) is 0 Å². The van der Waals surface area contributed by atoms with Crippen LogP contribution in [0.1, 0.15) is 77.4 Å². The van der Waals surface area contributed by atoms with Gasteiger partial charge >= 0.3 is 5.97 Å². The molecule has 0 amide bonds. The molecule has 0 radical (unpaired) electrons. The van der Waals surface area contributed by atoms with Crippen molar-refractivity contribution in [2.24, 2.45) is 17.3 Å². The zero-order valence-electron chi connectivity index (χ0n) is 21.1. The number of carbonyl (C=O) groups excluding carboxylic acids is 2. The van der Waals surface area contributed by atoms with Crippen LogP contribution < -0.4 is 0 Å². The number of epoxide rings is 1. The van der Waals surface area contributed by atoms with Crippen LogP contribution in [-0.2, 0) is 19.1 Å². The number of rotatable bonds is 2. The second-order valence-corrected chi connectivity index (χ2v) is 11.7. The Morgan fingerprint density at radius 1 is 1.21 bits per heavy atom. The SMILES string of the molecule is C/C(=C\c1csc(C)n1)C1CC2O[C@H]2CCC[C@H](C)[C@H](O)[C@@H](C)C(=O)C(C)(C)[C@@H](O)CC(=O)O1. The van der Waals surface area contributed by atoms with Gasteiger partial charge in [0.25, 0.3) is 0 Å². The number of Topliss-reactive ketones (excluding diaryl/α,β-unsaturated/α-hetero) is 1. The monoisotopic (exact) mass is 493 g/mol. The topological polar surface area (TPSA) is 109 Å². The molecule has 190 valence electrons. The number of aromatic nitrogens is 1. The average molecular weight is 494 g/mol. The number of thiazole rings is 1. The Balaban J connectivity index is 1.81. The van der Waals surface area contributed by atoms with E-state index in [1.54, 1.807) is 32.1 Å². The highest BCUT2D eigenvalue weighted by atomic mass is 32.1. The van der Waals surface area contributed by atoms with Crippen molar-refractivity contribution in [3.05, 3.63) is 21.7 Å². The van der Waals surface area contributed by atoms with E-state index in [2.05, 4.69) is 4.98 Å². The van der Waals surface area contributed by atoms with Crippen LogP contribution in [0.5, 0.6) is 0 Å². The minimum atomic E-state index is -1.22. The molecular formula is C26H39NO6S. The normalized spacial score (nSPS) is 36.0. The highest BCUT2D eigenvalue weighted by Gasteiger charge is 2.44. The van der Waals surface area contributed by atoms with Crippen molar-refractivity contribution in [1.82, 2.24) is 4.98 Å². The highest BCUT2D eigenvalue weighted by molar-refractivity contribution is 7.09. The number of carbonyl (C=O) groups is 2. The fourth-order valence-electron chi connectivity index (χ4n) is 4.78. The van der Waals surface area contributed by atoms with Crippen LogP contribution >= 0.6 is 11.3 Å². The smallest absolute Gasteiger partial charge is 0.309 e. The number of aliphatic hydroxyl groups is 2. The first-order valence-electron chi connectivity index (χ1n) is 12.3. The second-order valence-electron chi connectivity index (χ2n) is 10.6. The lowest BCUT2D eigenvalue weighted by atomic mass is 9.73. The minimum Gasteiger partial charge on any atom is -0.458 e. The summed E-state index contributed by atoms with van der Waals surface area (Å²) in [6, 6.07) is 0. The lowest BCUT2D eigenvalue weighted by Gasteiger charge is -2.34. The highest BCUT2D eigenvalue weighted by Crippen LogP contribution is 2.36. The van der Waals surface area contributed by atoms with Crippen LogP contribution in [0.15, 0.2) is 11.0 Å². The summed E-state index contributed by atoms with van der Waals surface area (Å²) in [5.74, 6) is -1.52. The van der Waals surface area contributed by atoms with Crippen LogP contribution in [0.25, 0.3) is 6.08 Å². The van der Waals surface area contributed by atoms with Gasteiger partial charge in [-0.2, -0.15) is 0 Å². The third-order valence-corrected chi connectivity index (χ3v) is 8.20. The van der Waals surface area contributed by atoms with Gasteiger partial charge in [0, 0.05) is 17.7 Å². The van der Waals surface area contributed by atoms with E-state index in [0.29, 0.717) is 6.42 Å². The Kier molecular flexibility index (Phi) is 8.71. The lowest BCUT2D eigenvalue weighted by Crippen LogP contribution is -2.45. The van der Waals surface area contributed by atoms with Gasteiger partial charge in [0.2, 0.25) is 0 Å². The number of ketones is 1. The molecule has 2 aliphatic rings. The van der Waals surface area contributed by atoms with E-state index in [1.165, 1.54) is 0 Å². The maximum Gasteiger partial charge on any atom is 0.309 e. The van der Waals surface area contributed by atoms with Gasteiger partial charge in [-0.25, -0.2) is 4.98 Å². The molecule has 2 saturated heterocycles. The van der Waals surface area contributed by atoms with E-state index in [0.717, 1.165) is 35.5 Å². The van der Waals surface area contributed by atoms with Crippen molar-refractivity contribution >= 4 is 29.2 Å². The molecule has 0 saturated carbocycles. The van der Waals surface area contributed by atoms with Gasteiger partial charge in [-0.3, -0.25) is 9.59 Å². The largest absolute Gasteiger partial charge is 0.458 e. The first kappa shape index (κ1) is 27.0. The van der Waals surface area contributed by atoms with Gasteiger partial charge in [0.15, 0.2) is 0 Å². The summed E-state index contributed by atoms with van der Waals surface area (Å²) in [7, 11) is 0. The average Bonchev–Trinajstić information content (AvgIpc) is 3.38. The second kappa shape index (κ2) is 11.0. The van der Waals surface area contributed by atoms with Gasteiger partial charge in [-0.1, -0.05) is 34.1 Å². The van der Waals surface area contributed by atoms with Crippen molar-refractivity contribution in [2.75, 3.05) is 0 Å². The third kappa shape index (κ3) is 6.53. The van der Waals surface area contributed by atoms with E-state index in [9.17, 15) is 19.8 Å². The van der Waals surface area contributed by atoms with Gasteiger partial charge < -0.3 is 19.7 Å². The Labute approximate surface area is 206 Å². The number of ether oxygens (including phenoxy) is 2. The number of esters is 1. The quantitative estimate of drug-likeness (QED) is 0.472. The van der Waals surface area contributed by atoms with E-state index in [-0.39, 0.29) is 30.3 Å². The van der Waals surface area contributed by atoms with E-state index < -0.39 is 35.6 Å². The van der Waals surface area contributed by atoms with Crippen LogP contribution in [0.3, 0.4) is 0 Å². The minimum absolute atomic E-state index is 0.00770. The molecule has 2 unspecified atom stereocenters. The summed E-state index contributed by atoms with van der Waals surface area (Å²) in [6.07, 6.45) is 2.28. The fraction of sp³-hybridized carbons (Fsp3) is 0.731. The first-order chi connectivity index (χ1) is 15.9. The predicted octanol–water partition coefficient (Wildman–Crippen LogP) is 4.09. The number of hydrogen-bond acceptors (Lipinski definition) is 8. The molecule has 7 nitrogen and oxygen atoms in total. The first-order valence-corrected chi connectivity index (χ1v) is 13.1.